The molecule has 298 valence electrons. The van der Waals surface area contributed by atoms with Gasteiger partial charge in [0, 0.05) is 52.0 Å². The van der Waals surface area contributed by atoms with Crippen molar-refractivity contribution < 1.29 is 31.4 Å². The molecule has 1 heterocycles. The molecule has 0 amide bonds. The molecule has 0 fully saturated rings. The first kappa shape index (κ1) is 49.9. The van der Waals surface area contributed by atoms with Crippen molar-refractivity contribution in [2.24, 2.45) is 0 Å². The number of benzene rings is 2. The molecule has 0 radical (unpaired) electrons. The van der Waals surface area contributed by atoms with Gasteiger partial charge in [-0.15, -0.1) is 0 Å². The number of allylic oxidation sites excluding steroid dienone is 2. The number of rotatable bonds is 21. The first-order valence-electron chi connectivity index (χ1n) is 21.1. The second-order valence-corrected chi connectivity index (χ2v) is 14.6. The van der Waals surface area contributed by atoms with Crippen molar-refractivity contribution in [1.82, 2.24) is 0 Å². The molecule has 0 aromatic heterocycles. The summed E-state index contributed by atoms with van der Waals surface area (Å²) in [6, 6.07) is 9.51. The van der Waals surface area contributed by atoms with Crippen LogP contribution >= 0.6 is 0 Å². The standard InChI is InChI=1S/C39H58N2.2C4H10O.Ni/c1-9-14-19-31-26-34(27-32(20-15-10-2)35(31)21-16-11-3)39-37(23-18-13-5)36(22-17-12-4)38(41(39)40)33-24-28(6)30(8)29(7)25-33;2*1-2-3-4-5;/h24-27H,9-23H2,1-8H3;2*5H,2-4H2,1H3;. The molecular weight excluding hydrogens is 683 g/mol. The number of aryl methyl sites for hydroxylation is 4. The predicted molar refractivity (Wildman–Crippen MR) is 223 cm³/mol. The molecular formula is C47H78N2NiO2. The van der Waals surface area contributed by atoms with Gasteiger partial charge in [-0.3, -0.25) is 0 Å². The summed E-state index contributed by atoms with van der Waals surface area (Å²) in [7, 11) is 0. The van der Waals surface area contributed by atoms with E-state index in [0.717, 1.165) is 94.0 Å². The van der Waals surface area contributed by atoms with Crippen LogP contribution in [-0.2, 0) is 35.8 Å². The van der Waals surface area contributed by atoms with Crippen LogP contribution in [0.5, 0.6) is 0 Å². The summed E-state index contributed by atoms with van der Waals surface area (Å²) in [5.41, 5.74) is 28.0. The van der Waals surface area contributed by atoms with Crippen LogP contribution < -0.4 is 0 Å². The van der Waals surface area contributed by atoms with Crippen molar-refractivity contribution in [3.63, 3.8) is 0 Å². The predicted octanol–water partition coefficient (Wildman–Crippen LogP) is 13.7. The molecule has 2 aromatic rings. The maximum absolute atomic E-state index is 12.2. The summed E-state index contributed by atoms with van der Waals surface area (Å²) < 4.78 is 1.60. The van der Waals surface area contributed by atoms with Gasteiger partial charge in [-0.2, -0.15) is 0 Å². The fraction of sp³-hybridized carbons (Fsp3) is 0.660. The second kappa shape index (κ2) is 29.3. The molecule has 1 aliphatic heterocycles. The number of nitrogens with zero attached hydrogens (tertiary/aromatic N) is 2. The summed E-state index contributed by atoms with van der Waals surface area (Å²) in [4.78, 5) is 0. The maximum atomic E-state index is 12.2. The van der Waals surface area contributed by atoms with E-state index in [2.05, 4.69) is 93.5 Å². The fourth-order valence-electron chi connectivity index (χ4n) is 6.77. The first-order valence-corrected chi connectivity index (χ1v) is 21.1. The van der Waals surface area contributed by atoms with Gasteiger partial charge in [0.05, 0.1) is 0 Å². The van der Waals surface area contributed by atoms with Gasteiger partial charge in [-0.05, 0) is 155 Å². The molecule has 5 heteroatoms. The second-order valence-electron chi connectivity index (χ2n) is 14.6. The van der Waals surface area contributed by atoms with Crippen LogP contribution in [0.1, 0.15) is 196 Å². The molecule has 0 saturated heterocycles. The molecule has 4 nitrogen and oxygen atoms in total. The van der Waals surface area contributed by atoms with Crippen LogP contribution in [0, 0.1) is 20.8 Å². The van der Waals surface area contributed by atoms with E-state index >= 15 is 0 Å². The molecule has 0 unspecified atom stereocenters. The van der Waals surface area contributed by atoms with Gasteiger partial charge >= 0.3 is 0 Å². The Balaban J connectivity index is 0.00000208. The van der Waals surface area contributed by atoms with Gasteiger partial charge in [-0.1, -0.05) is 93.4 Å². The Hall–Kier alpha value is -2.07. The number of unbranched alkanes of at least 4 members (excludes halogenated alkanes) is 7. The maximum Gasteiger partial charge on any atom is 0.211 e. The Kier molecular flexibility index (Phi) is 28.1. The zero-order valence-electron chi connectivity index (χ0n) is 35.3. The van der Waals surface area contributed by atoms with Gasteiger partial charge in [0.2, 0.25) is 11.4 Å². The summed E-state index contributed by atoms with van der Waals surface area (Å²) >= 11 is 0. The Morgan fingerprint density at radius 2 is 0.808 bits per heavy atom. The van der Waals surface area contributed by atoms with Crippen LogP contribution in [0.25, 0.3) is 16.9 Å². The number of aliphatic hydroxyl groups is 2. The molecule has 0 aliphatic carbocycles. The smallest absolute Gasteiger partial charge is 0.211 e. The quantitative estimate of drug-likeness (QED) is 0.0983. The van der Waals surface area contributed by atoms with Gasteiger partial charge in [0.1, 0.15) is 0 Å². The summed E-state index contributed by atoms with van der Waals surface area (Å²) in [6.07, 6.45) is 21.4. The topological polar surface area (TPSA) is 65.8 Å². The van der Waals surface area contributed by atoms with Crippen molar-refractivity contribution in [1.29, 1.82) is 0 Å². The van der Waals surface area contributed by atoms with Crippen molar-refractivity contribution in [2.45, 2.75) is 191 Å². The van der Waals surface area contributed by atoms with Crippen molar-refractivity contribution >= 4 is 11.4 Å². The van der Waals surface area contributed by atoms with E-state index in [1.165, 1.54) is 89.5 Å². The summed E-state index contributed by atoms with van der Waals surface area (Å²) in [5.74, 6) is 0. The third-order valence-electron chi connectivity index (χ3n) is 10.2. The monoisotopic (exact) mass is 761 g/mol. The molecule has 0 saturated carbocycles. The Labute approximate surface area is 331 Å². The van der Waals surface area contributed by atoms with Gasteiger partial charge in [0.15, 0.2) is 0 Å². The zero-order valence-corrected chi connectivity index (χ0v) is 36.3. The molecule has 0 bridgehead atoms. The van der Waals surface area contributed by atoms with Crippen LogP contribution in [0.4, 0.5) is 0 Å². The van der Waals surface area contributed by atoms with Crippen LogP contribution in [0.2, 0.25) is 0 Å². The van der Waals surface area contributed by atoms with Crippen LogP contribution in [-0.4, -0.2) is 28.1 Å². The summed E-state index contributed by atoms with van der Waals surface area (Å²) in [5, 5.41) is 16.1. The minimum absolute atomic E-state index is 0. The Morgan fingerprint density at radius 1 is 0.481 bits per heavy atom. The third kappa shape index (κ3) is 15.7. The van der Waals surface area contributed by atoms with Gasteiger partial charge in [0.25, 0.3) is 0 Å². The fourth-order valence-corrected chi connectivity index (χ4v) is 6.77. The molecule has 2 N–H and O–H groups in total. The minimum atomic E-state index is 0. The molecule has 52 heavy (non-hydrogen) atoms. The molecule has 3 rings (SSSR count). The molecule has 2 aromatic carbocycles. The average molecular weight is 762 g/mol. The number of aliphatic hydroxyl groups excluding tert-OH is 2. The van der Waals surface area contributed by atoms with Crippen molar-refractivity contribution in [2.75, 3.05) is 13.2 Å². The first-order chi connectivity index (χ1) is 24.6. The van der Waals surface area contributed by atoms with Crippen LogP contribution in [0.3, 0.4) is 0 Å². The van der Waals surface area contributed by atoms with Crippen molar-refractivity contribution in [3.05, 3.63) is 85.5 Å². The largest absolute Gasteiger partial charge is 0.493 e. The van der Waals surface area contributed by atoms with E-state index in [4.69, 9.17) is 10.2 Å². The van der Waals surface area contributed by atoms with Crippen molar-refractivity contribution in [3.8, 4) is 0 Å². The van der Waals surface area contributed by atoms with E-state index < -0.39 is 0 Å². The molecule has 0 atom stereocenters. The van der Waals surface area contributed by atoms with E-state index in [9.17, 15) is 5.53 Å². The van der Waals surface area contributed by atoms with E-state index in [1.807, 2.05) is 0 Å². The Morgan fingerprint density at radius 3 is 1.13 bits per heavy atom. The van der Waals surface area contributed by atoms with E-state index in [-0.39, 0.29) is 16.5 Å². The normalized spacial score (nSPS) is 12.4. The average Bonchev–Trinajstić information content (AvgIpc) is 3.40. The third-order valence-corrected chi connectivity index (χ3v) is 10.2. The SMILES string of the molecule is CCCCC1=C(c2cc(C)c(C)c(C)c2)[N+](=[N-])C(c2cc(CCCC)c(CCCC)c(CCCC)c2)=C1CCCC.CCCCO.CCCCO.[Ni]. The number of hydrogen-bond donors (Lipinski definition) is 2. The minimum Gasteiger partial charge on any atom is -0.493 e. The van der Waals surface area contributed by atoms with Crippen LogP contribution in [0.15, 0.2) is 35.4 Å². The van der Waals surface area contributed by atoms with Gasteiger partial charge < -0.3 is 15.7 Å². The van der Waals surface area contributed by atoms with E-state index in [0.29, 0.717) is 13.2 Å². The molecule has 1 aliphatic rings. The van der Waals surface area contributed by atoms with Gasteiger partial charge in [-0.25, -0.2) is 4.70 Å². The number of hydrogen-bond acceptors (Lipinski definition) is 2. The summed E-state index contributed by atoms with van der Waals surface area (Å²) in [6.45, 7) is 22.9. The Bertz CT molecular complexity index is 1310. The van der Waals surface area contributed by atoms with E-state index in [1.54, 1.807) is 10.3 Å². The zero-order chi connectivity index (χ0) is 38.2. The molecule has 0 spiro atoms.